The number of aromatic nitrogens is 8. The molecule has 0 fully saturated rings. The van der Waals surface area contributed by atoms with Crippen molar-refractivity contribution in [3.05, 3.63) is 303 Å². The molecule has 9 nitrogen and oxygen atoms in total. The van der Waals surface area contributed by atoms with E-state index in [-0.39, 0.29) is 4.48 Å². The molecular weight excluding hydrogens is 1040 g/mol. The molecule has 1 aliphatic heterocycles. The van der Waals surface area contributed by atoms with Gasteiger partial charge in [-0.25, -0.2) is 19.9 Å². The summed E-state index contributed by atoms with van der Waals surface area (Å²) in [6.45, 7) is 0. The van der Waals surface area contributed by atoms with Crippen molar-refractivity contribution in [2.45, 2.75) is 0 Å². The molecule has 0 amide bonds. The zero-order chi connectivity index (χ0) is 56.0. The Morgan fingerprint density at radius 2 is 0.482 bits per heavy atom. The van der Waals surface area contributed by atoms with Crippen molar-refractivity contribution >= 4 is 66.9 Å². The average molecular weight is 1090 g/mol. The van der Waals surface area contributed by atoms with Crippen LogP contribution < -0.4 is 4.48 Å². The van der Waals surface area contributed by atoms with Crippen LogP contribution in [-0.4, -0.2) is 38.2 Å². The third-order valence-electron chi connectivity index (χ3n) is 16.8. The summed E-state index contributed by atoms with van der Waals surface area (Å²) in [5.74, 6) is 3.18. The van der Waals surface area contributed by atoms with Gasteiger partial charge in [0.15, 0.2) is 11.4 Å². The fourth-order valence-corrected chi connectivity index (χ4v) is 13.3. The molecule has 5 heterocycles. The number of imidazole rings is 4. The van der Waals surface area contributed by atoms with E-state index in [0.29, 0.717) is 0 Å². The van der Waals surface area contributed by atoms with Gasteiger partial charge in [0, 0.05) is 81.4 Å². The number of hydrogen-bond donors (Lipinski definition) is 0. The fourth-order valence-electron chi connectivity index (χ4n) is 13.3. The van der Waals surface area contributed by atoms with Gasteiger partial charge in [-0.1, -0.05) is 158 Å². The molecule has 0 atom stereocenters. The predicted molar refractivity (Wildman–Crippen MR) is 346 cm³/mol. The average Bonchev–Trinajstić information content (AvgIpc) is 1.55. The van der Waals surface area contributed by atoms with E-state index in [2.05, 4.69) is 322 Å². The molecule has 16 aromatic rings. The lowest BCUT2D eigenvalue weighted by Crippen LogP contribution is -2.31. The van der Waals surface area contributed by atoms with E-state index in [1.165, 1.54) is 0 Å². The van der Waals surface area contributed by atoms with Crippen LogP contribution in [0.1, 0.15) is 0 Å². The lowest BCUT2D eigenvalue weighted by Gasteiger charge is -2.35. The minimum Gasteiger partial charge on any atom is -0.292 e. The van der Waals surface area contributed by atoms with E-state index in [1.54, 1.807) is 0 Å². The first kappa shape index (κ1) is 48.2. The largest absolute Gasteiger partial charge is 0.292 e. The summed E-state index contributed by atoms with van der Waals surface area (Å²) in [6, 6.07) is 108. The second kappa shape index (κ2) is 19.3. The number of quaternary nitrogens is 1. The van der Waals surface area contributed by atoms with Crippen LogP contribution >= 0.6 is 0 Å². The third kappa shape index (κ3) is 7.41. The Balaban J connectivity index is 1.12. The number of hydrogen-bond acceptors (Lipinski definition) is 4. The van der Waals surface area contributed by atoms with Gasteiger partial charge in [0.2, 0.25) is 0 Å². The Morgan fingerprint density at radius 3 is 0.788 bits per heavy atom. The topological polar surface area (TPSA) is 71.3 Å². The summed E-state index contributed by atoms with van der Waals surface area (Å²) >= 11 is 0. The fraction of sp³-hybridized carbons (Fsp3) is 0. The van der Waals surface area contributed by atoms with Crippen LogP contribution in [0.2, 0.25) is 0 Å². The highest BCUT2D eigenvalue weighted by atomic mass is 15.4. The molecule has 12 aromatic carbocycles. The smallest absolute Gasteiger partial charge is 0.157 e. The second-order valence-electron chi connectivity index (χ2n) is 21.6. The van der Waals surface area contributed by atoms with Crippen LogP contribution in [0.4, 0.5) is 22.7 Å². The van der Waals surface area contributed by atoms with E-state index in [9.17, 15) is 0 Å². The maximum Gasteiger partial charge on any atom is 0.157 e. The van der Waals surface area contributed by atoms with Gasteiger partial charge in [0.1, 0.15) is 34.7 Å². The first-order chi connectivity index (χ1) is 42.2. The van der Waals surface area contributed by atoms with Crippen LogP contribution in [0.3, 0.4) is 0 Å². The number of fused-ring (bicyclic) bond motifs is 7. The highest BCUT2D eigenvalue weighted by Crippen LogP contribution is 2.67. The lowest BCUT2D eigenvalue weighted by atomic mass is 9.91. The summed E-state index contributed by atoms with van der Waals surface area (Å²) in [7, 11) is 0. The van der Waals surface area contributed by atoms with Crippen LogP contribution in [0.5, 0.6) is 0 Å². The summed E-state index contributed by atoms with van der Waals surface area (Å²) in [5, 5.41) is 0. The van der Waals surface area contributed by atoms with Crippen LogP contribution in [0.25, 0.3) is 124 Å². The third-order valence-corrected chi connectivity index (χ3v) is 16.8. The van der Waals surface area contributed by atoms with Crippen molar-refractivity contribution in [2.24, 2.45) is 0 Å². The molecule has 1 aliphatic rings. The summed E-state index contributed by atoms with van der Waals surface area (Å²) < 4.78 is 9.47. The highest BCUT2D eigenvalue weighted by molar-refractivity contribution is 6.14. The number of benzene rings is 12. The Hall–Kier alpha value is -11.5. The van der Waals surface area contributed by atoms with Crippen LogP contribution in [-0.2, 0) is 0 Å². The van der Waals surface area contributed by atoms with Crippen molar-refractivity contribution in [2.75, 3.05) is 0 Å². The van der Waals surface area contributed by atoms with Gasteiger partial charge in [0.05, 0.1) is 55.3 Å². The SMILES string of the molecule is c1ccc(-n2c(-c3cc(-c4nc5ccccc5n4-c4ccccc4)c4c(c3)[N+](c3ccccc3)(c3ccccc3)c3cc(-c5nc6ccccc6n5-c5ccccc5)cc(-c5nc6ccccc6n5-c5ccccc5)c3-4)nc3ccccc32)cc1. The maximum atomic E-state index is 5.79. The lowest BCUT2D eigenvalue weighted by molar-refractivity contribution is 0.721. The number of rotatable bonds is 10. The summed E-state index contributed by atoms with van der Waals surface area (Å²) in [5.41, 5.74) is 21.4. The molecule has 4 aromatic heterocycles. The zero-order valence-corrected chi connectivity index (χ0v) is 45.9. The van der Waals surface area contributed by atoms with Gasteiger partial charge < -0.3 is 0 Å². The molecule has 85 heavy (non-hydrogen) atoms. The quantitative estimate of drug-likeness (QED) is 0.128. The predicted octanol–water partition coefficient (Wildman–Crippen LogP) is 19.0. The van der Waals surface area contributed by atoms with Crippen LogP contribution in [0.15, 0.2) is 303 Å². The van der Waals surface area contributed by atoms with Gasteiger partial charge in [-0.3, -0.25) is 18.3 Å². The van der Waals surface area contributed by atoms with Gasteiger partial charge in [0.25, 0.3) is 0 Å². The summed E-state index contributed by atoms with van der Waals surface area (Å²) in [6.07, 6.45) is 0. The van der Waals surface area contributed by atoms with Gasteiger partial charge >= 0.3 is 0 Å². The van der Waals surface area contributed by atoms with Crippen molar-refractivity contribution in [1.82, 2.24) is 42.7 Å². The molecule has 398 valence electrons. The Bertz CT molecular complexity index is 4890. The Labute approximate surface area is 489 Å². The van der Waals surface area contributed by atoms with Crippen molar-refractivity contribution in [3.8, 4) is 79.4 Å². The number of para-hydroxylation sites is 14. The van der Waals surface area contributed by atoms with Crippen molar-refractivity contribution in [1.29, 1.82) is 0 Å². The molecule has 0 N–H and O–H groups in total. The minimum atomic E-state index is 0.183. The molecule has 9 heteroatoms. The Morgan fingerprint density at radius 1 is 0.235 bits per heavy atom. The second-order valence-corrected chi connectivity index (χ2v) is 21.6. The minimum absolute atomic E-state index is 0.183. The van der Waals surface area contributed by atoms with Gasteiger partial charge in [-0.2, -0.15) is 4.48 Å². The first-order valence-electron chi connectivity index (χ1n) is 28.7. The molecule has 0 spiro atoms. The standard InChI is InChI=1S/C76H50N9/c1-7-27-53(28-8-1)81-65-43-23-19-39-61(65)77-73(81)51-47-59(75-79-63-41-21-25-45-67(63)83(75)55-31-11-3-12-32-55)71-69(49-51)85(57-35-15-5-16-36-57,58-37-17-6-18-38-58)70-50-52(74-78-62-40-20-24-44-66(62)82(74)54-29-9-2-10-30-54)48-60(72(70)71)76-80-64-42-22-26-46-68(64)84(76)56-33-13-4-14-34-56/h1-50H/q+1. The molecule has 17 rings (SSSR count). The number of nitrogens with zero attached hydrogens (tertiary/aromatic N) is 9. The normalized spacial score (nSPS) is 12.6. The van der Waals surface area contributed by atoms with E-state index in [1.807, 2.05) is 0 Å². The summed E-state index contributed by atoms with van der Waals surface area (Å²) in [4.78, 5) is 22.9. The molecule has 0 saturated carbocycles. The molecule has 0 radical (unpaired) electrons. The van der Waals surface area contributed by atoms with E-state index in [4.69, 9.17) is 19.9 Å². The Kier molecular flexibility index (Phi) is 11.0. The molecular formula is C76H50N9+. The van der Waals surface area contributed by atoms with E-state index in [0.717, 1.165) is 146 Å². The maximum absolute atomic E-state index is 5.79. The van der Waals surface area contributed by atoms with Gasteiger partial charge in [-0.15, -0.1) is 0 Å². The van der Waals surface area contributed by atoms with Gasteiger partial charge in [-0.05, 0) is 109 Å². The zero-order valence-electron chi connectivity index (χ0n) is 45.9. The van der Waals surface area contributed by atoms with Crippen molar-refractivity contribution in [3.63, 3.8) is 0 Å². The van der Waals surface area contributed by atoms with E-state index >= 15 is 0 Å². The molecule has 0 unspecified atom stereocenters. The molecule has 0 bridgehead atoms. The van der Waals surface area contributed by atoms with Crippen molar-refractivity contribution < 1.29 is 0 Å². The molecule has 0 saturated heterocycles. The monoisotopic (exact) mass is 1090 g/mol. The van der Waals surface area contributed by atoms with Crippen LogP contribution in [0, 0.1) is 0 Å². The highest BCUT2D eigenvalue weighted by Gasteiger charge is 2.52. The molecule has 0 aliphatic carbocycles. The first-order valence-corrected chi connectivity index (χ1v) is 28.7. The van der Waals surface area contributed by atoms with E-state index < -0.39 is 0 Å².